The normalized spacial score (nSPS) is 17.7. The predicted molar refractivity (Wildman–Crippen MR) is 143 cm³/mol. The summed E-state index contributed by atoms with van der Waals surface area (Å²) in [6.07, 6.45) is -1.80. The van der Waals surface area contributed by atoms with E-state index in [1.165, 1.54) is 11.0 Å². The van der Waals surface area contributed by atoms with E-state index in [0.717, 1.165) is 5.56 Å². The third-order valence-corrected chi connectivity index (χ3v) is 6.30. The van der Waals surface area contributed by atoms with Crippen LogP contribution < -0.4 is 15.1 Å². The lowest BCUT2D eigenvalue weighted by Crippen LogP contribution is -2.50. The molecule has 2 fully saturated rings. The number of anilines is 2. The number of nitrogens with zero attached hydrogens (tertiary/aromatic N) is 3. The smallest absolute Gasteiger partial charge is 0.414 e. The lowest BCUT2D eigenvalue weighted by atomic mass is 10.2. The summed E-state index contributed by atoms with van der Waals surface area (Å²) in [6.45, 7) is 7.75. The fourth-order valence-electron chi connectivity index (χ4n) is 4.39. The van der Waals surface area contributed by atoms with Gasteiger partial charge in [0.15, 0.2) is 0 Å². The van der Waals surface area contributed by atoms with Gasteiger partial charge in [0.1, 0.15) is 24.1 Å². The molecule has 2 aliphatic heterocycles. The third kappa shape index (κ3) is 7.82. The van der Waals surface area contributed by atoms with Gasteiger partial charge in [0.05, 0.1) is 31.1 Å². The quantitative estimate of drug-likeness (QED) is 0.545. The first-order valence-electron chi connectivity index (χ1n) is 13.0. The molecule has 1 atom stereocenters. The largest absolute Gasteiger partial charge is 0.444 e. The topological polar surface area (TPSA) is 101 Å². The molecule has 2 saturated heterocycles. The van der Waals surface area contributed by atoms with Crippen LogP contribution >= 0.6 is 0 Å². The SMILES string of the molecule is CC(C)(C)OC(=O)NC[C@H]1CN(c2ccc(N3CCN(C(=O)COCc4ccccc4)CC3)c(F)c2)C(=O)O1. The summed E-state index contributed by atoms with van der Waals surface area (Å²) in [5.41, 5.74) is 1.14. The second-order valence-electron chi connectivity index (χ2n) is 10.5. The van der Waals surface area contributed by atoms with Gasteiger partial charge in [-0.25, -0.2) is 14.0 Å². The Hall–Kier alpha value is -3.86. The van der Waals surface area contributed by atoms with Crippen LogP contribution in [0, 0.1) is 5.82 Å². The van der Waals surface area contributed by atoms with Crippen LogP contribution in [0.3, 0.4) is 0 Å². The molecule has 0 aliphatic carbocycles. The monoisotopic (exact) mass is 542 g/mol. The van der Waals surface area contributed by atoms with Crippen molar-refractivity contribution in [2.75, 3.05) is 55.7 Å². The summed E-state index contributed by atoms with van der Waals surface area (Å²) >= 11 is 0. The van der Waals surface area contributed by atoms with E-state index in [9.17, 15) is 14.4 Å². The number of ether oxygens (including phenoxy) is 3. The molecule has 11 heteroatoms. The van der Waals surface area contributed by atoms with Gasteiger partial charge in [0, 0.05) is 26.2 Å². The molecule has 1 N–H and O–H groups in total. The minimum atomic E-state index is -0.638. The van der Waals surface area contributed by atoms with Crippen LogP contribution in [0.5, 0.6) is 0 Å². The van der Waals surface area contributed by atoms with Crippen molar-refractivity contribution in [3.63, 3.8) is 0 Å². The van der Waals surface area contributed by atoms with Crippen LogP contribution in [0.1, 0.15) is 26.3 Å². The molecule has 0 saturated carbocycles. The fourth-order valence-corrected chi connectivity index (χ4v) is 4.39. The van der Waals surface area contributed by atoms with Crippen molar-refractivity contribution in [1.82, 2.24) is 10.2 Å². The molecule has 4 rings (SSSR count). The molecule has 2 aliphatic rings. The van der Waals surface area contributed by atoms with Gasteiger partial charge in [-0.2, -0.15) is 0 Å². The number of carbonyl (C=O) groups is 3. The number of alkyl carbamates (subject to hydrolysis) is 1. The maximum absolute atomic E-state index is 15.1. The van der Waals surface area contributed by atoms with Crippen LogP contribution in [0.4, 0.5) is 25.4 Å². The maximum atomic E-state index is 15.1. The molecular formula is C28H35FN4O6. The molecule has 0 spiro atoms. The molecule has 0 aromatic heterocycles. The van der Waals surface area contributed by atoms with Crippen LogP contribution in [0.25, 0.3) is 0 Å². The summed E-state index contributed by atoms with van der Waals surface area (Å²) in [5, 5.41) is 2.59. The number of carbonyl (C=O) groups excluding carboxylic acids is 3. The van der Waals surface area contributed by atoms with Crippen LogP contribution in [0.15, 0.2) is 48.5 Å². The summed E-state index contributed by atoms with van der Waals surface area (Å²) in [7, 11) is 0. The van der Waals surface area contributed by atoms with Crippen molar-refractivity contribution in [3.05, 3.63) is 59.9 Å². The summed E-state index contributed by atoms with van der Waals surface area (Å²) < 4.78 is 31.2. The first-order valence-corrected chi connectivity index (χ1v) is 13.0. The number of rotatable bonds is 8. The molecule has 0 radical (unpaired) electrons. The summed E-state index contributed by atoms with van der Waals surface area (Å²) in [6, 6.07) is 14.3. The Kier molecular flexibility index (Phi) is 8.90. The number of hydrogen-bond acceptors (Lipinski definition) is 7. The zero-order chi connectivity index (χ0) is 28.0. The Morgan fingerprint density at radius 3 is 2.46 bits per heavy atom. The number of benzene rings is 2. The van der Waals surface area contributed by atoms with E-state index in [1.54, 1.807) is 37.8 Å². The van der Waals surface area contributed by atoms with E-state index in [-0.39, 0.29) is 25.6 Å². The first kappa shape index (κ1) is 28.2. The Bertz CT molecular complexity index is 1160. The zero-order valence-corrected chi connectivity index (χ0v) is 22.5. The standard InChI is InChI=1S/C28H35FN4O6/c1-28(2,3)39-26(35)30-16-22-17-33(27(36)38-22)21-9-10-24(23(29)15-21)31-11-13-32(14-12-31)25(34)19-37-18-20-7-5-4-6-8-20/h4-10,15,22H,11-14,16-19H2,1-3H3,(H,30,35)/t22-/m0/s1. The Balaban J connectivity index is 1.25. The highest BCUT2D eigenvalue weighted by molar-refractivity contribution is 5.90. The third-order valence-electron chi connectivity index (χ3n) is 6.30. The van der Waals surface area contributed by atoms with Crippen LogP contribution in [0.2, 0.25) is 0 Å². The minimum Gasteiger partial charge on any atom is -0.444 e. The average Bonchev–Trinajstić information content (AvgIpc) is 3.27. The van der Waals surface area contributed by atoms with Gasteiger partial charge in [-0.05, 0) is 44.5 Å². The summed E-state index contributed by atoms with van der Waals surface area (Å²) in [4.78, 5) is 41.7. The highest BCUT2D eigenvalue weighted by atomic mass is 19.1. The van der Waals surface area contributed by atoms with Gasteiger partial charge in [-0.1, -0.05) is 30.3 Å². The summed E-state index contributed by atoms with van der Waals surface area (Å²) in [5.74, 6) is -0.564. The van der Waals surface area contributed by atoms with Gasteiger partial charge in [0.2, 0.25) is 5.91 Å². The second kappa shape index (κ2) is 12.3. The van der Waals surface area contributed by atoms with Gasteiger partial charge >= 0.3 is 12.2 Å². The number of nitrogens with one attached hydrogen (secondary N) is 1. The van der Waals surface area contributed by atoms with Crippen LogP contribution in [-0.2, 0) is 25.6 Å². The van der Waals surface area contributed by atoms with Gasteiger partial charge in [0.25, 0.3) is 0 Å². The highest BCUT2D eigenvalue weighted by Gasteiger charge is 2.33. The van der Waals surface area contributed by atoms with Crippen molar-refractivity contribution in [1.29, 1.82) is 0 Å². The highest BCUT2D eigenvalue weighted by Crippen LogP contribution is 2.28. The molecule has 0 unspecified atom stereocenters. The predicted octanol–water partition coefficient (Wildman–Crippen LogP) is 3.54. The first-order chi connectivity index (χ1) is 18.6. The van der Waals surface area contributed by atoms with Crippen molar-refractivity contribution in [3.8, 4) is 0 Å². The molecule has 2 aromatic rings. The van der Waals surface area contributed by atoms with Gasteiger partial charge in [-0.15, -0.1) is 0 Å². The molecule has 210 valence electrons. The second-order valence-corrected chi connectivity index (χ2v) is 10.5. The van der Waals surface area contributed by atoms with Gasteiger partial charge in [-0.3, -0.25) is 9.69 Å². The minimum absolute atomic E-state index is 0.00181. The van der Waals surface area contributed by atoms with Crippen molar-refractivity contribution < 1.29 is 33.0 Å². The van der Waals surface area contributed by atoms with Crippen molar-refractivity contribution in [2.24, 2.45) is 0 Å². The van der Waals surface area contributed by atoms with E-state index >= 15 is 4.39 Å². The maximum Gasteiger partial charge on any atom is 0.414 e. The molecule has 10 nitrogen and oxygen atoms in total. The molecule has 0 bridgehead atoms. The zero-order valence-electron chi connectivity index (χ0n) is 22.5. The Labute approximate surface area is 227 Å². The van der Waals surface area contributed by atoms with E-state index in [1.807, 2.05) is 35.2 Å². The van der Waals surface area contributed by atoms with E-state index < -0.39 is 29.7 Å². The van der Waals surface area contributed by atoms with E-state index in [0.29, 0.717) is 44.2 Å². The number of piperazine rings is 1. The molecule has 2 heterocycles. The van der Waals surface area contributed by atoms with Crippen molar-refractivity contribution >= 4 is 29.5 Å². The molecule has 2 aromatic carbocycles. The fraction of sp³-hybridized carbons (Fsp3) is 0.464. The van der Waals surface area contributed by atoms with E-state index in [4.69, 9.17) is 14.2 Å². The van der Waals surface area contributed by atoms with Gasteiger partial charge < -0.3 is 29.3 Å². The number of halogens is 1. The average molecular weight is 543 g/mol. The lowest BCUT2D eigenvalue weighted by Gasteiger charge is -2.36. The van der Waals surface area contributed by atoms with Crippen molar-refractivity contribution in [2.45, 2.75) is 39.1 Å². The molecule has 39 heavy (non-hydrogen) atoms. The Morgan fingerprint density at radius 1 is 1.08 bits per heavy atom. The molecular weight excluding hydrogens is 507 g/mol. The van der Waals surface area contributed by atoms with E-state index in [2.05, 4.69) is 5.32 Å². The number of cyclic esters (lactones) is 1. The lowest BCUT2D eigenvalue weighted by molar-refractivity contribution is -0.136. The number of amides is 3. The Morgan fingerprint density at radius 2 is 1.79 bits per heavy atom. The molecule has 3 amide bonds. The van der Waals surface area contributed by atoms with Crippen LogP contribution in [-0.4, -0.2) is 80.6 Å². The number of hydrogen-bond donors (Lipinski definition) is 1.